The molecule has 8 heteroatoms. The molecule has 23 heavy (non-hydrogen) atoms. The molecule has 0 aromatic heterocycles. The van der Waals surface area contributed by atoms with E-state index in [1.165, 1.54) is 25.3 Å². The van der Waals surface area contributed by atoms with Crippen molar-refractivity contribution in [3.63, 3.8) is 0 Å². The number of nitrogen functional groups attached to an aromatic ring is 1. The van der Waals surface area contributed by atoms with Crippen molar-refractivity contribution in [2.24, 2.45) is 0 Å². The number of carbonyl (C=O) groups excluding carboxylic acids is 1. The predicted molar refractivity (Wildman–Crippen MR) is 81.8 cm³/mol. The first kappa shape index (κ1) is 17.0. The van der Waals surface area contributed by atoms with Crippen LogP contribution in [0.5, 0.6) is 5.75 Å². The number of rotatable bonds is 3. The molecule has 0 atom stereocenters. The molecule has 0 fully saturated rings. The number of carbonyl (C=O) groups is 1. The van der Waals surface area contributed by atoms with Gasteiger partial charge in [0, 0.05) is 5.56 Å². The highest BCUT2D eigenvalue weighted by Crippen LogP contribution is 2.34. The summed E-state index contributed by atoms with van der Waals surface area (Å²) in [5.41, 5.74) is 5.04. The van der Waals surface area contributed by atoms with E-state index in [9.17, 15) is 18.0 Å². The van der Waals surface area contributed by atoms with Crippen LogP contribution in [0.2, 0.25) is 5.02 Å². The van der Waals surface area contributed by atoms with Crippen LogP contribution in [-0.4, -0.2) is 13.0 Å². The van der Waals surface area contributed by atoms with E-state index < -0.39 is 17.6 Å². The fourth-order valence-electron chi connectivity index (χ4n) is 1.87. The average molecular weight is 345 g/mol. The van der Waals surface area contributed by atoms with Gasteiger partial charge in [-0.25, -0.2) is 0 Å². The molecule has 0 radical (unpaired) electrons. The number of anilines is 2. The van der Waals surface area contributed by atoms with E-state index in [2.05, 4.69) is 5.32 Å². The molecule has 1 amide bonds. The van der Waals surface area contributed by atoms with Gasteiger partial charge in [-0.1, -0.05) is 11.6 Å². The molecule has 2 aromatic carbocycles. The van der Waals surface area contributed by atoms with Gasteiger partial charge in [0.1, 0.15) is 5.75 Å². The maximum Gasteiger partial charge on any atom is 0.416 e. The van der Waals surface area contributed by atoms with Crippen LogP contribution >= 0.6 is 11.6 Å². The summed E-state index contributed by atoms with van der Waals surface area (Å²) < 4.78 is 43.1. The van der Waals surface area contributed by atoms with Crippen LogP contribution in [0, 0.1) is 0 Å². The Kier molecular flexibility index (Phi) is 4.70. The van der Waals surface area contributed by atoms with Gasteiger partial charge >= 0.3 is 6.18 Å². The Bertz CT molecular complexity index is 748. The summed E-state index contributed by atoms with van der Waals surface area (Å²) in [5, 5.41) is 2.33. The predicted octanol–water partition coefficient (Wildman–Crippen LogP) is 4.20. The van der Waals surface area contributed by atoms with E-state index in [1.54, 1.807) is 0 Å². The van der Waals surface area contributed by atoms with Gasteiger partial charge < -0.3 is 15.8 Å². The SMILES string of the molecule is COc1ccc(C(=O)Nc2cc(C(F)(F)F)ccc2Cl)cc1N. The Morgan fingerprint density at radius 1 is 1.22 bits per heavy atom. The van der Waals surface area contributed by atoms with Crippen LogP contribution in [0.25, 0.3) is 0 Å². The highest BCUT2D eigenvalue weighted by atomic mass is 35.5. The zero-order valence-electron chi connectivity index (χ0n) is 11.9. The summed E-state index contributed by atoms with van der Waals surface area (Å²) in [6.07, 6.45) is -4.53. The van der Waals surface area contributed by atoms with Crippen LogP contribution < -0.4 is 15.8 Å². The fourth-order valence-corrected chi connectivity index (χ4v) is 2.03. The number of hydrogen-bond donors (Lipinski definition) is 2. The monoisotopic (exact) mass is 344 g/mol. The molecule has 0 aliphatic carbocycles. The minimum Gasteiger partial charge on any atom is -0.495 e. The number of nitrogens with two attached hydrogens (primary N) is 1. The van der Waals surface area contributed by atoms with Crippen molar-refractivity contribution in [2.45, 2.75) is 6.18 Å². The highest BCUT2D eigenvalue weighted by molar-refractivity contribution is 6.34. The molecule has 0 saturated heterocycles. The molecule has 0 unspecified atom stereocenters. The molecule has 2 rings (SSSR count). The van der Waals surface area contributed by atoms with Crippen LogP contribution in [0.3, 0.4) is 0 Å². The third-order valence-corrected chi connectivity index (χ3v) is 3.36. The largest absolute Gasteiger partial charge is 0.495 e. The third-order valence-electron chi connectivity index (χ3n) is 3.03. The second-order valence-corrected chi connectivity index (χ2v) is 5.01. The topological polar surface area (TPSA) is 64.3 Å². The van der Waals surface area contributed by atoms with E-state index in [0.717, 1.165) is 18.2 Å². The van der Waals surface area contributed by atoms with Gasteiger partial charge in [0.05, 0.1) is 29.1 Å². The number of nitrogens with one attached hydrogen (secondary N) is 1. The summed E-state index contributed by atoms with van der Waals surface area (Å²) in [5.74, 6) is -0.251. The van der Waals surface area contributed by atoms with Gasteiger partial charge in [0.2, 0.25) is 0 Å². The van der Waals surface area contributed by atoms with Crippen LogP contribution in [0.1, 0.15) is 15.9 Å². The van der Waals surface area contributed by atoms with Crippen LogP contribution in [0.4, 0.5) is 24.5 Å². The van der Waals surface area contributed by atoms with Crippen molar-refractivity contribution in [3.8, 4) is 5.75 Å². The molecule has 4 nitrogen and oxygen atoms in total. The minimum atomic E-state index is -4.53. The zero-order chi connectivity index (χ0) is 17.2. The van der Waals surface area contributed by atoms with Gasteiger partial charge in [0.25, 0.3) is 5.91 Å². The Balaban J connectivity index is 2.28. The number of amides is 1. The maximum absolute atomic E-state index is 12.7. The average Bonchev–Trinajstić information content (AvgIpc) is 2.48. The summed E-state index contributed by atoms with van der Waals surface area (Å²) >= 11 is 5.83. The van der Waals surface area contributed by atoms with Crippen molar-refractivity contribution in [1.82, 2.24) is 0 Å². The second-order valence-electron chi connectivity index (χ2n) is 4.60. The fraction of sp³-hybridized carbons (Fsp3) is 0.133. The van der Waals surface area contributed by atoms with Crippen LogP contribution in [0.15, 0.2) is 36.4 Å². The molecule has 0 bridgehead atoms. The lowest BCUT2D eigenvalue weighted by atomic mass is 10.1. The summed E-state index contributed by atoms with van der Waals surface area (Å²) in [6, 6.07) is 6.96. The quantitative estimate of drug-likeness (QED) is 0.820. The van der Waals surface area contributed by atoms with Gasteiger partial charge in [-0.05, 0) is 36.4 Å². The van der Waals surface area contributed by atoms with E-state index >= 15 is 0 Å². The lowest BCUT2D eigenvalue weighted by molar-refractivity contribution is -0.137. The lowest BCUT2D eigenvalue weighted by Crippen LogP contribution is -2.14. The molecule has 2 aromatic rings. The zero-order valence-corrected chi connectivity index (χ0v) is 12.6. The van der Waals surface area contributed by atoms with E-state index in [1.807, 2.05) is 0 Å². The molecule has 122 valence electrons. The summed E-state index contributed by atoms with van der Waals surface area (Å²) in [7, 11) is 1.42. The molecule has 0 heterocycles. The first-order valence-corrected chi connectivity index (χ1v) is 6.72. The first-order chi connectivity index (χ1) is 10.7. The van der Waals surface area contributed by atoms with Crippen molar-refractivity contribution in [1.29, 1.82) is 0 Å². The standard InChI is InChI=1S/C15H12ClF3N2O2/c1-23-13-5-2-8(6-11(13)20)14(22)21-12-7-9(15(17,18)19)3-4-10(12)16/h2-7H,20H2,1H3,(H,21,22). The summed E-state index contributed by atoms with van der Waals surface area (Å²) in [6.45, 7) is 0. The maximum atomic E-state index is 12.7. The molecule has 0 spiro atoms. The smallest absolute Gasteiger partial charge is 0.416 e. The Hall–Kier alpha value is -2.41. The first-order valence-electron chi connectivity index (χ1n) is 6.34. The number of hydrogen-bond acceptors (Lipinski definition) is 3. The van der Waals surface area contributed by atoms with Gasteiger partial charge in [-0.2, -0.15) is 13.2 Å². The Labute approximate surface area is 135 Å². The van der Waals surface area contributed by atoms with Crippen molar-refractivity contribution in [3.05, 3.63) is 52.5 Å². The summed E-state index contributed by atoms with van der Waals surface area (Å²) in [4.78, 5) is 12.1. The molecular weight excluding hydrogens is 333 g/mol. The normalized spacial score (nSPS) is 11.2. The number of halogens is 4. The second kappa shape index (κ2) is 6.37. The number of methoxy groups -OCH3 is 1. The van der Waals surface area contributed by atoms with E-state index in [-0.39, 0.29) is 22.0 Å². The van der Waals surface area contributed by atoms with Crippen LogP contribution in [-0.2, 0) is 6.18 Å². The highest BCUT2D eigenvalue weighted by Gasteiger charge is 2.31. The molecule has 0 saturated carbocycles. The molecule has 3 N–H and O–H groups in total. The lowest BCUT2D eigenvalue weighted by Gasteiger charge is -2.12. The van der Waals surface area contributed by atoms with E-state index in [0.29, 0.717) is 5.75 Å². The number of benzene rings is 2. The Morgan fingerprint density at radius 3 is 2.48 bits per heavy atom. The van der Waals surface area contributed by atoms with E-state index in [4.69, 9.17) is 22.1 Å². The third kappa shape index (κ3) is 3.87. The Morgan fingerprint density at radius 2 is 1.91 bits per heavy atom. The molecular formula is C15H12ClF3N2O2. The minimum absolute atomic E-state index is 0.00664. The number of alkyl halides is 3. The van der Waals surface area contributed by atoms with Gasteiger partial charge in [0.15, 0.2) is 0 Å². The number of ether oxygens (including phenoxy) is 1. The van der Waals surface area contributed by atoms with Crippen molar-refractivity contribution < 1.29 is 22.7 Å². The van der Waals surface area contributed by atoms with Crippen molar-refractivity contribution in [2.75, 3.05) is 18.2 Å². The van der Waals surface area contributed by atoms with Gasteiger partial charge in [-0.3, -0.25) is 4.79 Å². The van der Waals surface area contributed by atoms with Gasteiger partial charge in [-0.15, -0.1) is 0 Å². The molecule has 0 aliphatic rings. The van der Waals surface area contributed by atoms with Crippen molar-refractivity contribution >= 4 is 28.9 Å². The molecule has 0 aliphatic heterocycles.